The van der Waals surface area contributed by atoms with E-state index in [0.717, 1.165) is 24.3 Å². The zero-order valence-corrected chi connectivity index (χ0v) is 12.0. The molecule has 0 atom stereocenters. The molecule has 1 rings (SSSR count). The summed E-state index contributed by atoms with van der Waals surface area (Å²) in [6.45, 7) is 8.75. The molecule has 0 saturated carbocycles. The average molecular weight is 253 g/mol. The summed E-state index contributed by atoms with van der Waals surface area (Å²) in [5.41, 5.74) is 1.24. The minimum atomic E-state index is 0.843. The smallest absolute Gasteiger partial charge is 0.160 e. The molecule has 0 amide bonds. The molecular formula is C14H23NOS. The van der Waals surface area contributed by atoms with E-state index in [1.807, 2.05) is 6.07 Å². The summed E-state index contributed by atoms with van der Waals surface area (Å²) in [6.07, 6.45) is 5.83. The predicted molar refractivity (Wildman–Crippen MR) is 76.5 cm³/mol. The van der Waals surface area contributed by atoms with Gasteiger partial charge in [-0.1, -0.05) is 26.7 Å². The Morgan fingerprint density at radius 1 is 1.24 bits per heavy atom. The fourth-order valence-corrected chi connectivity index (χ4v) is 2.92. The van der Waals surface area contributed by atoms with Gasteiger partial charge in [0.15, 0.2) is 6.29 Å². The van der Waals surface area contributed by atoms with Gasteiger partial charge in [0, 0.05) is 13.1 Å². The number of nitrogens with zero attached hydrogens (tertiary/aromatic N) is 1. The number of aldehydes is 1. The number of aryl methyl sites for hydroxylation is 1. The molecule has 1 aromatic rings. The molecule has 0 bridgehead atoms. The number of carbonyl (C=O) groups is 1. The third kappa shape index (κ3) is 4.15. The van der Waals surface area contributed by atoms with Crippen LogP contribution in [0.2, 0.25) is 0 Å². The van der Waals surface area contributed by atoms with Gasteiger partial charge in [-0.05, 0) is 31.4 Å². The van der Waals surface area contributed by atoms with Crippen molar-refractivity contribution in [2.24, 2.45) is 0 Å². The van der Waals surface area contributed by atoms with Gasteiger partial charge in [-0.25, -0.2) is 0 Å². The lowest BCUT2D eigenvalue weighted by Crippen LogP contribution is -2.25. The van der Waals surface area contributed by atoms with Gasteiger partial charge >= 0.3 is 0 Å². The van der Waals surface area contributed by atoms with Crippen LogP contribution in [0.4, 0.5) is 5.00 Å². The third-order valence-corrected chi connectivity index (χ3v) is 4.10. The van der Waals surface area contributed by atoms with Gasteiger partial charge in [0.1, 0.15) is 0 Å². The molecule has 96 valence electrons. The molecule has 17 heavy (non-hydrogen) atoms. The van der Waals surface area contributed by atoms with Gasteiger partial charge in [-0.15, -0.1) is 11.3 Å². The Kier molecular flexibility index (Phi) is 6.27. The SMILES string of the molecule is CCCCN(CCCC)c1sc(C=O)cc1C. The van der Waals surface area contributed by atoms with Gasteiger partial charge in [-0.2, -0.15) is 0 Å². The van der Waals surface area contributed by atoms with Gasteiger partial charge in [-0.3, -0.25) is 4.79 Å². The second-order valence-electron chi connectivity index (χ2n) is 4.45. The molecule has 0 N–H and O–H groups in total. The van der Waals surface area contributed by atoms with Crippen molar-refractivity contribution in [3.63, 3.8) is 0 Å². The maximum atomic E-state index is 10.8. The van der Waals surface area contributed by atoms with Crippen molar-refractivity contribution in [1.29, 1.82) is 0 Å². The number of carbonyl (C=O) groups excluding carboxylic acids is 1. The van der Waals surface area contributed by atoms with Crippen molar-refractivity contribution >= 4 is 22.6 Å². The molecule has 0 fully saturated rings. The van der Waals surface area contributed by atoms with Crippen LogP contribution in [0.5, 0.6) is 0 Å². The highest BCUT2D eigenvalue weighted by Gasteiger charge is 2.12. The lowest BCUT2D eigenvalue weighted by molar-refractivity contribution is 0.112. The van der Waals surface area contributed by atoms with Crippen molar-refractivity contribution in [3.05, 3.63) is 16.5 Å². The van der Waals surface area contributed by atoms with Crippen molar-refractivity contribution < 1.29 is 4.79 Å². The topological polar surface area (TPSA) is 20.3 Å². The number of hydrogen-bond donors (Lipinski definition) is 0. The van der Waals surface area contributed by atoms with E-state index in [4.69, 9.17) is 0 Å². The summed E-state index contributed by atoms with van der Waals surface area (Å²) in [5.74, 6) is 0. The van der Waals surface area contributed by atoms with E-state index in [-0.39, 0.29) is 0 Å². The Labute approximate surface area is 109 Å². The Hall–Kier alpha value is -0.830. The molecule has 0 spiro atoms. The monoisotopic (exact) mass is 253 g/mol. The highest BCUT2D eigenvalue weighted by molar-refractivity contribution is 7.17. The maximum Gasteiger partial charge on any atom is 0.160 e. The van der Waals surface area contributed by atoms with E-state index >= 15 is 0 Å². The van der Waals surface area contributed by atoms with E-state index < -0.39 is 0 Å². The van der Waals surface area contributed by atoms with Crippen LogP contribution in [0.25, 0.3) is 0 Å². The lowest BCUT2D eigenvalue weighted by Gasteiger charge is -2.23. The molecular weight excluding hydrogens is 230 g/mol. The normalized spacial score (nSPS) is 10.5. The predicted octanol–water partition coefficient (Wildman–Crippen LogP) is 4.28. The van der Waals surface area contributed by atoms with Crippen LogP contribution in [0.3, 0.4) is 0 Å². The van der Waals surface area contributed by atoms with E-state index in [0.29, 0.717) is 0 Å². The van der Waals surface area contributed by atoms with Crippen molar-refractivity contribution in [2.45, 2.75) is 46.5 Å². The molecule has 1 aromatic heterocycles. The number of thiophene rings is 1. The van der Waals surface area contributed by atoms with Gasteiger partial charge in [0.25, 0.3) is 0 Å². The second-order valence-corrected chi connectivity index (χ2v) is 5.51. The summed E-state index contributed by atoms with van der Waals surface area (Å²) in [6, 6.07) is 2.00. The summed E-state index contributed by atoms with van der Waals surface area (Å²) in [5, 5.41) is 1.29. The van der Waals surface area contributed by atoms with Crippen molar-refractivity contribution in [2.75, 3.05) is 18.0 Å². The highest BCUT2D eigenvalue weighted by Crippen LogP contribution is 2.30. The molecule has 0 aliphatic rings. The van der Waals surface area contributed by atoms with E-state index in [1.165, 1.54) is 36.2 Å². The first kappa shape index (κ1) is 14.2. The molecule has 2 nitrogen and oxygen atoms in total. The summed E-state index contributed by atoms with van der Waals surface area (Å²) >= 11 is 1.63. The number of hydrogen-bond acceptors (Lipinski definition) is 3. The fourth-order valence-electron chi connectivity index (χ4n) is 1.88. The van der Waals surface area contributed by atoms with Crippen LogP contribution in [0.1, 0.15) is 54.8 Å². The first-order valence-corrected chi connectivity index (χ1v) is 7.35. The van der Waals surface area contributed by atoms with E-state index in [2.05, 4.69) is 25.7 Å². The maximum absolute atomic E-state index is 10.8. The molecule has 0 aromatic carbocycles. The Morgan fingerprint density at radius 2 is 1.82 bits per heavy atom. The second kappa shape index (κ2) is 7.49. The zero-order chi connectivity index (χ0) is 12.7. The van der Waals surface area contributed by atoms with Crippen LogP contribution in [-0.4, -0.2) is 19.4 Å². The van der Waals surface area contributed by atoms with Crippen LogP contribution < -0.4 is 4.90 Å². The van der Waals surface area contributed by atoms with Crippen LogP contribution in [0.15, 0.2) is 6.07 Å². The molecule has 0 aliphatic heterocycles. The Bertz CT molecular complexity index is 338. The largest absolute Gasteiger partial charge is 0.363 e. The van der Waals surface area contributed by atoms with Crippen LogP contribution in [0, 0.1) is 6.92 Å². The van der Waals surface area contributed by atoms with Crippen molar-refractivity contribution in [1.82, 2.24) is 0 Å². The molecule has 3 heteroatoms. The fraction of sp³-hybridized carbons (Fsp3) is 0.643. The molecule has 0 unspecified atom stereocenters. The van der Waals surface area contributed by atoms with Crippen molar-refractivity contribution in [3.8, 4) is 0 Å². The molecule has 0 saturated heterocycles. The van der Waals surface area contributed by atoms with Crippen LogP contribution >= 0.6 is 11.3 Å². The van der Waals surface area contributed by atoms with Gasteiger partial charge in [0.05, 0.1) is 9.88 Å². The van der Waals surface area contributed by atoms with Gasteiger partial charge in [0.2, 0.25) is 0 Å². The quantitative estimate of drug-likeness (QED) is 0.645. The minimum absolute atomic E-state index is 0.843. The number of rotatable bonds is 8. The lowest BCUT2D eigenvalue weighted by atomic mass is 10.2. The Balaban J connectivity index is 2.78. The standard InChI is InChI=1S/C14H23NOS/c1-4-6-8-15(9-7-5-2)14-12(3)10-13(11-16)17-14/h10-11H,4-9H2,1-3H3. The first-order chi connectivity index (χ1) is 8.22. The third-order valence-electron chi connectivity index (χ3n) is 2.88. The van der Waals surface area contributed by atoms with E-state index in [1.54, 1.807) is 11.3 Å². The summed E-state index contributed by atoms with van der Waals surface area (Å²) in [7, 11) is 0. The summed E-state index contributed by atoms with van der Waals surface area (Å²) < 4.78 is 0. The number of unbranched alkanes of at least 4 members (excludes halogenated alkanes) is 2. The number of anilines is 1. The average Bonchev–Trinajstić information content (AvgIpc) is 2.71. The molecule has 1 heterocycles. The zero-order valence-electron chi connectivity index (χ0n) is 11.2. The van der Waals surface area contributed by atoms with Crippen LogP contribution in [-0.2, 0) is 0 Å². The van der Waals surface area contributed by atoms with Gasteiger partial charge < -0.3 is 4.90 Å². The first-order valence-electron chi connectivity index (χ1n) is 6.53. The molecule has 0 radical (unpaired) electrons. The Morgan fingerprint density at radius 3 is 2.24 bits per heavy atom. The highest BCUT2D eigenvalue weighted by atomic mass is 32.1. The minimum Gasteiger partial charge on any atom is -0.363 e. The van der Waals surface area contributed by atoms with E-state index in [9.17, 15) is 4.79 Å². The molecule has 0 aliphatic carbocycles. The summed E-state index contributed by atoms with van der Waals surface area (Å²) in [4.78, 5) is 14.1.